The molecular formula is C57H60O9. The van der Waals surface area contributed by atoms with Gasteiger partial charge in [-0.3, -0.25) is 0 Å². The van der Waals surface area contributed by atoms with Gasteiger partial charge in [0.2, 0.25) is 0 Å². The molecule has 1 fully saturated rings. The molecule has 0 heterocycles. The van der Waals surface area contributed by atoms with Crippen molar-refractivity contribution in [3.8, 4) is 45.6 Å². The van der Waals surface area contributed by atoms with Gasteiger partial charge in [-0.2, -0.15) is 0 Å². The molecular weight excluding hydrogens is 829 g/mol. The Balaban J connectivity index is 0.972. The summed E-state index contributed by atoms with van der Waals surface area (Å²) in [5.74, 6) is 2.45. The third-order valence-electron chi connectivity index (χ3n) is 12.5. The molecule has 9 heteroatoms. The van der Waals surface area contributed by atoms with Gasteiger partial charge in [0.05, 0.1) is 0 Å². The van der Waals surface area contributed by atoms with Crippen molar-refractivity contribution < 1.29 is 42.8 Å². The summed E-state index contributed by atoms with van der Waals surface area (Å²) in [7, 11) is 0. The lowest BCUT2D eigenvalue weighted by molar-refractivity contribution is 0.150. The van der Waals surface area contributed by atoms with Crippen molar-refractivity contribution in [1.82, 2.24) is 0 Å². The number of carbonyl (C=O) groups excluding carboxylic acids is 3. The van der Waals surface area contributed by atoms with E-state index in [-0.39, 0.29) is 16.2 Å². The van der Waals surface area contributed by atoms with Gasteiger partial charge in [0.25, 0.3) is 0 Å². The standard InChI is InChI=1S/C57H60O9/c1-36-32-40(14-26-48(36)63-52(58)61-46-22-16-42(17-23-46)55(5,6)7)41-15-27-49(37(2)33-41)65-54(60)66-51-29-21-45(35-39(51)4)57(30-12-11-13-31-57)44-20-28-50(38(3)34-44)64-53(59)62-47-24-18-43(19-25-47)56(8,9)10/h14-29,32-35H,11-13,30-31H2,1-10H3. The van der Waals surface area contributed by atoms with Crippen molar-refractivity contribution >= 4 is 18.5 Å². The zero-order valence-corrected chi connectivity index (χ0v) is 39.8. The van der Waals surface area contributed by atoms with Crippen LogP contribution in [0.15, 0.2) is 121 Å². The second-order valence-electron chi connectivity index (χ2n) is 19.5. The van der Waals surface area contributed by atoms with E-state index in [1.165, 1.54) is 0 Å². The Kier molecular flexibility index (Phi) is 13.8. The maximum atomic E-state index is 13.2. The van der Waals surface area contributed by atoms with Gasteiger partial charge >= 0.3 is 18.5 Å². The zero-order valence-electron chi connectivity index (χ0n) is 39.8. The van der Waals surface area contributed by atoms with E-state index in [0.717, 1.165) is 87.7 Å². The van der Waals surface area contributed by atoms with Crippen LogP contribution in [0.25, 0.3) is 11.1 Å². The van der Waals surface area contributed by atoms with Crippen LogP contribution in [0.5, 0.6) is 34.5 Å². The quantitative estimate of drug-likeness (QED) is 0.104. The highest BCUT2D eigenvalue weighted by Crippen LogP contribution is 2.47. The SMILES string of the molecule is Cc1cc(-c2ccc(OC(=O)Oc3ccc(C4(c5ccc(OC(=O)Oc6ccc(C(C)(C)C)cc6)c(C)c5)CCCCC4)cc3C)c(C)c2)ccc1OC(=O)Oc1ccc(C(C)(C)C)cc1. The molecule has 0 spiro atoms. The second-order valence-corrected chi connectivity index (χ2v) is 19.5. The first-order valence-electron chi connectivity index (χ1n) is 22.6. The minimum Gasteiger partial charge on any atom is -0.395 e. The molecule has 6 aromatic carbocycles. The molecule has 0 radical (unpaired) electrons. The molecule has 1 aliphatic rings. The number of rotatable bonds is 9. The van der Waals surface area contributed by atoms with Crippen molar-refractivity contribution in [1.29, 1.82) is 0 Å². The van der Waals surface area contributed by atoms with E-state index in [1.807, 2.05) is 100 Å². The molecule has 0 aliphatic heterocycles. The molecule has 66 heavy (non-hydrogen) atoms. The van der Waals surface area contributed by atoms with Gasteiger partial charge in [-0.25, -0.2) is 14.4 Å². The van der Waals surface area contributed by atoms with Gasteiger partial charge in [0, 0.05) is 5.41 Å². The molecule has 342 valence electrons. The third kappa shape index (κ3) is 11.1. The lowest BCUT2D eigenvalue weighted by Crippen LogP contribution is -2.30. The van der Waals surface area contributed by atoms with Gasteiger partial charge in [-0.15, -0.1) is 0 Å². The topological polar surface area (TPSA) is 107 Å². The average molecular weight is 889 g/mol. The predicted octanol–water partition coefficient (Wildman–Crippen LogP) is 15.2. The summed E-state index contributed by atoms with van der Waals surface area (Å²) in [6, 6.07) is 37.9. The van der Waals surface area contributed by atoms with E-state index in [2.05, 4.69) is 53.7 Å². The summed E-state index contributed by atoms with van der Waals surface area (Å²) < 4.78 is 33.6. The molecule has 1 saturated carbocycles. The zero-order chi connectivity index (χ0) is 47.4. The highest BCUT2D eigenvalue weighted by atomic mass is 16.7. The number of benzene rings is 6. The van der Waals surface area contributed by atoms with Crippen LogP contribution in [-0.4, -0.2) is 18.5 Å². The summed E-state index contributed by atoms with van der Waals surface area (Å²) in [6.07, 6.45) is 2.77. The van der Waals surface area contributed by atoms with Crippen molar-refractivity contribution in [2.24, 2.45) is 0 Å². The van der Waals surface area contributed by atoms with Crippen LogP contribution in [0.2, 0.25) is 0 Å². The van der Waals surface area contributed by atoms with Crippen LogP contribution in [0.4, 0.5) is 14.4 Å². The van der Waals surface area contributed by atoms with E-state index in [1.54, 1.807) is 36.4 Å². The van der Waals surface area contributed by atoms with E-state index in [9.17, 15) is 14.4 Å². The van der Waals surface area contributed by atoms with E-state index in [0.29, 0.717) is 34.5 Å². The fraction of sp³-hybridized carbons (Fsp3) is 0.316. The molecule has 6 aromatic rings. The van der Waals surface area contributed by atoms with Gasteiger partial charge in [-0.1, -0.05) is 121 Å². The smallest absolute Gasteiger partial charge is 0.395 e. The van der Waals surface area contributed by atoms with Crippen LogP contribution in [-0.2, 0) is 16.2 Å². The van der Waals surface area contributed by atoms with Crippen LogP contribution < -0.4 is 28.4 Å². The Hall–Kier alpha value is -6.87. The molecule has 7 rings (SSSR count). The normalized spacial score (nSPS) is 13.6. The first kappa shape index (κ1) is 47.1. The molecule has 9 nitrogen and oxygen atoms in total. The average Bonchev–Trinajstić information content (AvgIpc) is 3.26. The summed E-state index contributed by atoms with van der Waals surface area (Å²) in [4.78, 5) is 38.6. The molecule has 0 amide bonds. The van der Waals surface area contributed by atoms with E-state index in [4.69, 9.17) is 28.4 Å². The predicted molar refractivity (Wildman–Crippen MR) is 258 cm³/mol. The second kappa shape index (κ2) is 19.3. The van der Waals surface area contributed by atoms with Crippen LogP contribution >= 0.6 is 0 Å². The van der Waals surface area contributed by atoms with Crippen LogP contribution in [0.1, 0.15) is 118 Å². The molecule has 0 unspecified atom stereocenters. The summed E-state index contributed by atoms with van der Waals surface area (Å²) >= 11 is 0. The van der Waals surface area contributed by atoms with Gasteiger partial charge in [0.1, 0.15) is 34.5 Å². The Morgan fingerprint density at radius 2 is 0.712 bits per heavy atom. The first-order valence-corrected chi connectivity index (χ1v) is 22.6. The van der Waals surface area contributed by atoms with E-state index >= 15 is 0 Å². The largest absolute Gasteiger partial charge is 0.519 e. The molecule has 0 aromatic heterocycles. The van der Waals surface area contributed by atoms with Crippen molar-refractivity contribution in [3.05, 3.63) is 166 Å². The highest BCUT2D eigenvalue weighted by molar-refractivity contribution is 5.73. The fourth-order valence-electron chi connectivity index (χ4n) is 8.57. The lowest BCUT2D eigenvalue weighted by Gasteiger charge is -2.39. The molecule has 0 atom stereocenters. The van der Waals surface area contributed by atoms with Gasteiger partial charge in [0.15, 0.2) is 0 Å². The molecule has 0 saturated heterocycles. The number of hydrogen-bond donors (Lipinski definition) is 0. The van der Waals surface area contributed by atoms with Gasteiger partial charge in [-0.05, 0) is 168 Å². The van der Waals surface area contributed by atoms with Crippen molar-refractivity contribution in [2.75, 3.05) is 0 Å². The molecule has 1 aliphatic carbocycles. The maximum absolute atomic E-state index is 13.2. The fourth-order valence-corrected chi connectivity index (χ4v) is 8.57. The third-order valence-corrected chi connectivity index (χ3v) is 12.5. The highest BCUT2D eigenvalue weighted by Gasteiger charge is 2.36. The maximum Gasteiger partial charge on any atom is 0.519 e. The number of carbonyl (C=O) groups is 3. The summed E-state index contributed by atoms with van der Waals surface area (Å²) in [5, 5.41) is 0. The Labute approximate surface area is 389 Å². The van der Waals surface area contributed by atoms with Gasteiger partial charge < -0.3 is 28.4 Å². The van der Waals surface area contributed by atoms with Crippen molar-refractivity contribution in [3.63, 3.8) is 0 Å². The Morgan fingerprint density at radius 3 is 1.03 bits per heavy atom. The van der Waals surface area contributed by atoms with Crippen LogP contribution in [0.3, 0.4) is 0 Å². The van der Waals surface area contributed by atoms with Crippen molar-refractivity contribution in [2.45, 2.75) is 118 Å². The molecule has 0 bridgehead atoms. The minimum absolute atomic E-state index is 0.0101. The summed E-state index contributed by atoms with van der Waals surface area (Å²) in [5.41, 5.74) is 9.18. The van der Waals surface area contributed by atoms with Crippen LogP contribution in [0, 0.1) is 27.7 Å². The first-order chi connectivity index (χ1) is 31.3. The monoisotopic (exact) mass is 888 g/mol. The number of ether oxygens (including phenoxy) is 6. The van der Waals surface area contributed by atoms with E-state index < -0.39 is 18.5 Å². The minimum atomic E-state index is -0.838. The Morgan fingerprint density at radius 1 is 0.394 bits per heavy atom. The summed E-state index contributed by atoms with van der Waals surface area (Å²) in [6.45, 7) is 20.4. The Bertz CT molecular complexity index is 2730. The lowest BCUT2D eigenvalue weighted by atomic mass is 9.65. The number of hydrogen-bond acceptors (Lipinski definition) is 9. The number of aryl methyl sites for hydroxylation is 4. The molecule has 0 N–H and O–H groups in total.